The largest absolute Gasteiger partial charge is 0.280 e. The summed E-state index contributed by atoms with van der Waals surface area (Å²) in [6.45, 7) is 0. The number of nitrogens with one attached hydrogen (secondary N) is 2. The molecule has 3 aromatic carbocycles. The van der Waals surface area contributed by atoms with E-state index in [1.54, 1.807) is 24.3 Å². The highest BCUT2D eigenvalue weighted by atomic mass is 32.2. The van der Waals surface area contributed by atoms with Crippen LogP contribution in [0, 0.1) is 0 Å². The molecule has 0 aliphatic carbocycles. The standard InChI is InChI=1S/C21H17N3O4S2/c25-29(26,24-21-7-3-4-14-22-21)19-12-9-18(10-13-19)23-30(27,28)20-11-8-16-5-1-2-6-17(16)15-20/h1-15,23H,(H,22,24). The van der Waals surface area contributed by atoms with Crippen LogP contribution < -0.4 is 9.44 Å². The van der Waals surface area contributed by atoms with Gasteiger partial charge in [0, 0.05) is 11.9 Å². The zero-order valence-corrected chi connectivity index (χ0v) is 17.2. The van der Waals surface area contributed by atoms with Crippen molar-refractivity contribution >= 4 is 42.3 Å². The van der Waals surface area contributed by atoms with Crippen LogP contribution in [-0.2, 0) is 20.0 Å². The minimum atomic E-state index is -3.84. The van der Waals surface area contributed by atoms with Crippen molar-refractivity contribution in [3.8, 4) is 0 Å². The smallest absolute Gasteiger partial charge is 0.263 e. The van der Waals surface area contributed by atoms with Crippen LogP contribution in [0.1, 0.15) is 0 Å². The van der Waals surface area contributed by atoms with Crippen LogP contribution in [0.2, 0.25) is 0 Å². The van der Waals surface area contributed by atoms with E-state index < -0.39 is 20.0 Å². The van der Waals surface area contributed by atoms with Gasteiger partial charge in [-0.25, -0.2) is 21.8 Å². The van der Waals surface area contributed by atoms with Crippen LogP contribution in [-0.4, -0.2) is 21.8 Å². The van der Waals surface area contributed by atoms with Gasteiger partial charge in [-0.15, -0.1) is 0 Å². The van der Waals surface area contributed by atoms with E-state index in [1.807, 2.05) is 24.3 Å². The van der Waals surface area contributed by atoms with Crippen LogP contribution in [0.5, 0.6) is 0 Å². The summed E-state index contributed by atoms with van der Waals surface area (Å²) in [5.74, 6) is 0.193. The van der Waals surface area contributed by atoms with Gasteiger partial charge in [-0.05, 0) is 59.3 Å². The Morgan fingerprint density at radius 2 is 1.23 bits per heavy atom. The normalized spacial score (nSPS) is 11.9. The van der Waals surface area contributed by atoms with Crippen molar-refractivity contribution in [3.05, 3.63) is 91.1 Å². The van der Waals surface area contributed by atoms with Gasteiger partial charge in [0.2, 0.25) is 0 Å². The number of anilines is 2. The Balaban J connectivity index is 1.55. The van der Waals surface area contributed by atoms with Crippen LogP contribution in [0.25, 0.3) is 10.8 Å². The van der Waals surface area contributed by atoms with Gasteiger partial charge in [0.25, 0.3) is 20.0 Å². The molecule has 0 spiro atoms. The molecule has 0 fully saturated rings. The molecule has 0 aliphatic rings. The zero-order chi connectivity index (χ0) is 21.2. The lowest BCUT2D eigenvalue weighted by atomic mass is 10.1. The average molecular weight is 440 g/mol. The van der Waals surface area contributed by atoms with Gasteiger partial charge in [0.1, 0.15) is 5.82 Å². The number of fused-ring (bicyclic) bond motifs is 1. The van der Waals surface area contributed by atoms with E-state index in [-0.39, 0.29) is 21.3 Å². The molecule has 0 aliphatic heterocycles. The Morgan fingerprint density at radius 3 is 1.93 bits per heavy atom. The first-order valence-corrected chi connectivity index (χ1v) is 11.9. The fraction of sp³-hybridized carbons (Fsp3) is 0. The maximum absolute atomic E-state index is 12.7. The summed E-state index contributed by atoms with van der Waals surface area (Å²) in [6.07, 6.45) is 1.47. The van der Waals surface area contributed by atoms with Gasteiger partial charge >= 0.3 is 0 Å². The number of pyridine rings is 1. The number of sulfonamides is 2. The first-order valence-electron chi connectivity index (χ1n) is 8.89. The first-order chi connectivity index (χ1) is 14.3. The first kappa shape index (κ1) is 19.9. The van der Waals surface area contributed by atoms with Crippen molar-refractivity contribution in [1.82, 2.24) is 4.98 Å². The Hall–Kier alpha value is -3.43. The molecular weight excluding hydrogens is 422 g/mol. The van der Waals surface area contributed by atoms with Crippen LogP contribution in [0.4, 0.5) is 11.5 Å². The minimum absolute atomic E-state index is 0.0122. The molecule has 30 heavy (non-hydrogen) atoms. The lowest BCUT2D eigenvalue weighted by molar-refractivity contribution is 0.600. The van der Waals surface area contributed by atoms with Crippen LogP contribution >= 0.6 is 0 Å². The third kappa shape index (κ3) is 4.27. The maximum atomic E-state index is 12.7. The maximum Gasteiger partial charge on any atom is 0.263 e. The Morgan fingerprint density at radius 1 is 0.600 bits per heavy atom. The second-order valence-corrected chi connectivity index (χ2v) is 9.82. The minimum Gasteiger partial charge on any atom is -0.280 e. The number of rotatable bonds is 6. The van der Waals surface area contributed by atoms with E-state index in [9.17, 15) is 16.8 Å². The molecule has 1 aromatic heterocycles. The Labute approximate surface area is 174 Å². The molecule has 0 atom stereocenters. The highest BCUT2D eigenvalue weighted by Gasteiger charge is 2.17. The molecule has 2 N–H and O–H groups in total. The van der Waals surface area contributed by atoms with Crippen molar-refractivity contribution in [2.75, 3.05) is 9.44 Å². The van der Waals surface area contributed by atoms with E-state index in [0.29, 0.717) is 0 Å². The molecule has 7 nitrogen and oxygen atoms in total. The van der Waals surface area contributed by atoms with Gasteiger partial charge in [-0.1, -0.05) is 36.4 Å². The summed E-state index contributed by atoms with van der Waals surface area (Å²) in [5.41, 5.74) is 0.250. The predicted molar refractivity (Wildman–Crippen MR) is 116 cm³/mol. The Kier molecular flexibility index (Phi) is 5.15. The van der Waals surface area contributed by atoms with E-state index >= 15 is 0 Å². The summed E-state index contributed by atoms with van der Waals surface area (Å²) in [4.78, 5) is 4.04. The van der Waals surface area contributed by atoms with Crippen molar-refractivity contribution in [1.29, 1.82) is 0 Å². The molecule has 0 amide bonds. The van der Waals surface area contributed by atoms with Crippen LogP contribution in [0.3, 0.4) is 0 Å². The fourth-order valence-electron chi connectivity index (χ4n) is 2.87. The number of nitrogens with zero attached hydrogens (tertiary/aromatic N) is 1. The van der Waals surface area contributed by atoms with E-state index in [4.69, 9.17) is 0 Å². The van der Waals surface area contributed by atoms with Gasteiger partial charge in [0.05, 0.1) is 9.79 Å². The summed E-state index contributed by atoms with van der Waals surface area (Å²) in [6, 6.07) is 22.6. The van der Waals surface area contributed by atoms with Gasteiger partial charge < -0.3 is 0 Å². The van der Waals surface area contributed by atoms with Crippen molar-refractivity contribution in [2.45, 2.75) is 9.79 Å². The molecule has 0 saturated carbocycles. The molecule has 0 radical (unpaired) electrons. The monoisotopic (exact) mass is 439 g/mol. The molecule has 152 valence electrons. The van der Waals surface area contributed by atoms with E-state index in [2.05, 4.69) is 14.4 Å². The third-order valence-corrected chi connectivity index (χ3v) is 7.10. The SMILES string of the molecule is O=S(=O)(Nc1ccc(S(=O)(=O)Nc2ccccn2)cc1)c1ccc2ccccc2c1. The second-order valence-electron chi connectivity index (χ2n) is 6.46. The molecule has 1 heterocycles. The number of hydrogen-bond acceptors (Lipinski definition) is 5. The Bertz CT molecular complexity index is 1400. The van der Waals surface area contributed by atoms with Crippen molar-refractivity contribution in [2.24, 2.45) is 0 Å². The lowest BCUT2D eigenvalue weighted by Crippen LogP contribution is -2.15. The molecule has 9 heteroatoms. The lowest BCUT2D eigenvalue weighted by Gasteiger charge is -2.11. The molecule has 0 saturated heterocycles. The number of benzene rings is 3. The highest BCUT2D eigenvalue weighted by Crippen LogP contribution is 2.23. The molecule has 0 unspecified atom stereocenters. The highest BCUT2D eigenvalue weighted by molar-refractivity contribution is 7.93. The van der Waals surface area contributed by atoms with Gasteiger partial charge in [0.15, 0.2) is 0 Å². The average Bonchev–Trinajstić information content (AvgIpc) is 2.74. The van der Waals surface area contributed by atoms with Crippen LogP contribution in [0.15, 0.2) is 101 Å². The predicted octanol–water partition coefficient (Wildman–Crippen LogP) is 3.84. The van der Waals surface area contributed by atoms with Gasteiger partial charge in [-0.2, -0.15) is 0 Å². The molecule has 4 aromatic rings. The van der Waals surface area contributed by atoms with E-state index in [0.717, 1.165) is 10.8 Å². The zero-order valence-electron chi connectivity index (χ0n) is 15.6. The topological polar surface area (TPSA) is 105 Å². The van der Waals surface area contributed by atoms with Crippen molar-refractivity contribution < 1.29 is 16.8 Å². The summed E-state index contributed by atoms with van der Waals surface area (Å²) < 4.78 is 55.2. The summed E-state index contributed by atoms with van der Waals surface area (Å²) in [7, 11) is -7.67. The van der Waals surface area contributed by atoms with Crippen molar-refractivity contribution in [3.63, 3.8) is 0 Å². The summed E-state index contributed by atoms with van der Waals surface area (Å²) in [5, 5.41) is 1.74. The van der Waals surface area contributed by atoms with E-state index in [1.165, 1.54) is 42.6 Å². The second kappa shape index (κ2) is 7.77. The van der Waals surface area contributed by atoms with Gasteiger partial charge in [-0.3, -0.25) is 9.44 Å². The summed E-state index contributed by atoms with van der Waals surface area (Å²) >= 11 is 0. The third-order valence-electron chi connectivity index (χ3n) is 4.35. The fourth-order valence-corrected chi connectivity index (χ4v) is 4.97. The molecule has 0 bridgehead atoms. The number of aromatic nitrogens is 1. The number of hydrogen-bond donors (Lipinski definition) is 2. The molecule has 4 rings (SSSR count). The quantitative estimate of drug-likeness (QED) is 0.475. The molecular formula is C21H17N3O4S2.